The number of ketones is 1. The van der Waals surface area contributed by atoms with Crippen LogP contribution in [-0.2, 0) is 9.53 Å². The molecule has 0 aromatic carbocycles. The molecule has 0 saturated carbocycles. The second kappa shape index (κ2) is 7.92. The molecule has 0 radical (unpaired) electrons. The molecule has 1 saturated heterocycles. The number of aliphatic hydroxyl groups is 2. The van der Waals surface area contributed by atoms with Crippen molar-refractivity contribution in [3.63, 3.8) is 0 Å². The molecule has 4 atom stereocenters. The fourth-order valence-corrected chi connectivity index (χ4v) is 3.57. The monoisotopic (exact) mass is 388 g/mol. The minimum atomic E-state index is -1.35. The van der Waals surface area contributed by atoms with Gasteiger partial charge in [0.1, 0.15) is 18.8 Å². The zero-order valence-electron chi connectivity index (χ0n) is 15.0. The Bertz CT molecular complexity index is 825. The molecule has 1 unspecified atom stereocenters. The number of ether oxygens (including phenoxy) is 2. The number of Topliss-reactive ketones (excluding diaryl/α,β-unsaturated/α-hetero) is 1. The van der Waals surface area contributed by atoms with Crippen LogP contribution in [0, 0.1) is 0 Å². The van der Waals surface area contributed by atoms with Gasteiger partial charge in [-0.2, -0.15) is 0 Å². The topological polar surface area (TPSA) is 131 Å². The van der Waals surface area contributed by atoms with Crippen LogP contribution in [0.4, 0.5) is 0 Å². The van der Waals surface area contributed by atoms with Gasteiger partial charge in [-0.1, -0.05) is 0 Å². The Morgan fingerprint density at radius 1 is 1.38 bits per heavy atom. The first-order valence-electron chi connectivity index (χ1n) is 8.16. The van der Waals surface area contributed by atoms with Crippen molar-refractivity contribution in [1.82, 2.24) is 9.55 Å². The van der Waals surface area contributed by atoms with Gasteiger partial charge in [0.25, 0.3) is 5.56 Å². The standard InChI is InChI=1S/C16H25N2O7P/c1-9(19)8-24-11-7-18(16(23)17-14(11)22)15-13(21)12(20)10(25-15)5-6-26(2,3)4/h7,10,12-13,15,20-21H,2,5-6,8H2,1,3-4H3,(H,17,22,23)/t10-,12-,13-,15?/m1/s1. The summed E-state index contributed by atoms with van der Waals surface area (Å²) in [6, 6.07) is 0. The maximum absolute atomic E-state index is 12.1. The number of aromatic amines is 1. The number of carbonyl (C=O) groups is 1. The van der Waals surface area contributed by atoms with E-state index in [9.17, 15) is 24.6 Å². The summed E-state index contributed by atoms with van der Waals surface area (Å²) in [6.07, 6.45) is 2.06. The molecule has 1 aromatic heterocycles. The lowest BCUT2D eigenvalue weighted by atomic mass is 10.1. The molecule has 0 spiro atoms. The second-order valence-corrected chi connectivity index (χ2v) is 11.5. The Morgan fingerprint density at radius 2 is 2.04 bits per heavy atom. The molecule has 9 nitrogen and oxygen atoms in total. The van der Waals surface area contributed by atoms with Crippen LogP contribution in [0.3, 0.4) is 0 Å². The van der Waals surface area contributed by atoms with E-state index in [1.165, 1.54) is 6.92 Å². The highest BCUT2D eigenvalue weighted by Crippen LogP contribution is 2.39. The van der Waals surface area contributed by atoms with Crippen molar-refractivity contribution in [2.24, 2.45) is 0 Å². The highest BCUT2D eigenvalue weighted by atomic mass is 31.2. The molecule has 1 aliphatic heterocycles. The van der Waals surface area contributed by atoms with Crippen molar-refractivity contribution in [2.75, 3.05) is 26.1 Å². The first-order valence-corrected chi connectivity index (χ1v) is 11.2. The fourth-order valence-electron chi connectivity index (χ4n) is 2.61. The molecule has 1 aromatic rings. The van der Waals surface area contributed by atoms with Crippen LogP contribution < -0.4 is 16.0 Å². The summed E-state index contributed by atoms with van der Waals surface area (Å²) >= 11 is 0. The van der Waals surface area contributed by atoms with E-state index >= 15 is 0 Å². The number of aliphatic hydroxyl groups excluding tert-OH is 2. The number of H-pyrrole nitrogens is 1. The van der Waals surface area contributed by atoms with Crippen LogP contribution in [-0.4, -0.2) is 76.3 Å². The first-order chi connectivity index (χ1) is 12.0. The van der Waals surface area contributed by atoms with Crippen LogP contribution >= 0.6 is 6.89 Å². The van der Waals surface area contributed by atoms with E-state index in [1.54, 1.807) is 0 Å². The lowest BCUT2D eigenvalue weighted by Gasteiger charge is -2.19. The fraction of sp³-hybridized carbons (Fsp3) is 0.625. The number of nitrogens with one attached hydrogen (secondary N) is 1. The quantitative estimate of drug-likeness (QED) is 0.523. The summed E-state index contributed by atoms with van der Waals surface area (Å²) in [5, 5.41) is 20.5. The van der Waals surface area contributed by atoms with E-state index in [4.69, 9.17) is 9.47 Å². The van der Waals surface area contributed by atoms with Gasteiger partial charge in [-0.25, -0.2) is 4.79 Å². The summed E-state index contributed by atoms with van der Waals surface area (Å²) in [6.45, 7) is 3.72. The molecule has 0 amide bonds. The minimum Gasteiger partial charge on any atom is -0.479 e. The Labute approximate surface area is 150 Å². The van der Waals surface area contributed by atoms with Gasteiger partial charge < -0.3 is 19.7 Å². The summed E-state index contributed by atoms with van der Waals surface area (Å²) in [5.74, 6) is -0.549. The lowest BCUT2D eigenvalue weighted by Crippen LogP contribution is -2.38. The van der Waals surface area contributed by atoms with Gasteiger partial charge >= 0.3 is 5.69 Å². The molecule has 0 aliphatic carbocycles. The number of hydrogen-bond donors (Lipinski definition) is 3. The van der Waals surface area contributed by atoms with Crippen LogP contribution in [0.1, 0.15) is 19.6 Å². The summed E-state index contributed by atoms with van der Waals surface area (Å²) in [4.78, 5) is 37.0. The van der Waals surface area contributed by atoms with Crippen LogP contribution in [0.25, 0.3) is 0 Å². The van der Waals surface area contributed by atoms with Gasteiger partial charge in [0, 0.05) is 0 Å². The number of carbonyl (C=O) groups excluding carboxylic acids is 1. The average Bonchev–Trinajstić information content (AvgIpc) is 2.79. The smallest absolute Gasteiger partial charge is 0.330 e. The molecule has 10 heteroatoms. The molecular formula is C16H25N2O7P. The largest absolute Gasteiger partial charge is 0.479 e. The van der Waals surface area contributed by atoms with Crippen LogP contribution in [0.5, 0.6) is 5.75 Å². The summed E-state index contributed by atoms with van der Waals surface area (Å²) in [7, 11) is 0. The maximum atomic E-state index is 12.1. The third-order valence-electron chi connectivity index (χ3n) is 4.00. The minimum absolute atomic E-state index is 0.252. The number of hydrogen-bond acceptors (Lipinski definition) is 7. The van der Waals surface area contributed by atoms with E-state index in [0.29, 0.717) is 6.42 Å². The Kier molecular flexibility index (Phi) is 6.29. The lowest BCUT2D eigenvalue weighted by molar-refractivity contribution is -0.118. The number of nitrogens with zero attached hydrogens (tertiary/aromatic N) is 1. The predicted octanol–water partition coefficient (Wildman–Crippen LogP) is -0.777. The molecular weight excluding hydrogens is 363 g/mol. The summed E-state index contributed by atoms with van der Waals surface area (Å²) in [5.41, 5.74) is -1.60. The average molecular weight is 388 g/mol. The van der Waals surface area contributed by atoms with Crippen molar-refractivity contribution in [1.29, 1.82) is 0 Å². The molecule has 2 rings (SSSR count). The molecule has 0 bridgehead atoms. The zero-order valence-corrected chi connectivity index (χ0v) is 15.9. The van der Waals surface area contributed by atoms with Gasteiger partial charge in [0.2, 0.25) is 5.75 Å². The number of aromatic nitrogens is 2. The second-order valence-electron chi connectivity index (χ2n) is 7.14. The Balaban J connectivity index is 2.25. The molecule has 2 heterocycles. The van der Waals surface area contributed by atoms with Crippen molar-refractivity contribution < 1.29 is 24.5 Å². The number of rotatable bonds is 7. The van der Waals surface area contributed by atoms with Gasteiger partial charge in [0.15, 0.2) is 12.0 Å². The molecule has 26 heavy (non-hydrogen) atoms. The highest BCUT2D eigenvalue weighted by molar-refractivity contribution is 7.72. The molecule has 1 aliphatic rings. The van der Waals surface area contributed by atoms with Crippen LogP contribution in [0.2, 0.25) is 0 Å². The normalized spacial score (nSPS) is 26.0. The van der Waals surface area contributed by atoms with E-state index in [0.717, 1.165) is 16.9 Å². The first kappa shape index (κ1) is 20.6. The molecule has 3 N–H and O–H groups in total. The summed E-state index contributed by atoms with van der Waals surface area (Å²) < 4.78 is 11.7. The van der Waals surface area contributed by atoms with Gasteiger partial charge in [-0.15, -0.1) is 13.2 Å². The maximum Gasteiger partial charge on any atom is 0.330 e. The van der Waals surface area contributed by atoms with E-state index in [-0.39, 0.29) is 18.1 Å². The third-order valence-corrected chi connectivity index (χ3v) is 5.47. The van der Waals surface area contributed by atoms with Gasteiger partial charge in [-0.05, 0) is 32.8 Å². The Hall–Kier alpha value is -1.67. The zero-order chi connectivity index (χ0) is 19.6. The van der Waals surface area contributed by atoms with Crippen molar-refractivity contribution in [2.45, 2.75) is 37.9 Å². The van der Waals surface area contributed by atoms with Gasteiger partial charge in [0.05, 0.1) is 12.3 Å². The third kappa shape index (κ3) is 4.94. The Morgan fingerprint density at radius 3 is 2.62 bits per heavy atom. The van der Waals surface area contributed by atoms with E-state index in [2.05, 4.69) is 11.3 Å². The van der Waals surface area contributed by atoms with E-state index in [1.807, 2.05) is 13.3 Å². The van der Waals surface area contributed by atoms with Crippen molar-refractivity contribution >= 4 is 19.0 Å². The highest BCUT2D eigenvalue weighted by Gasteiger charge is 2.44. The van der Waals surface area contributed by atoms with Crippen molar-refractivity contribution in [3.8, 4) is 5.75 Å². The molecule has 146 valence electrons. The SMILES string of the molecule is C=P(C)(C)CC[C@H]1OC(n2cc(OCC(C)=O)c(=O)[nH]c2=O)[C@H](O)[C@@H]1O. The van der Waals surface area contributed by atoms with E-state index < -0.39 is 42.7 Å². The van der Waals surface area contributed by atoms with Crippen LogP contribution in [0.15, 0.2) is 15.8 Å². The van der Waals surface area contributed by atoms with Crippen molar-refractivity contribution in [3.05, 3.63) is 27.0 Å². The molecule has 1 fully saturated rings. The van der Waals surface area contributed by atoms with Gasteiger partial charge in [-0.3, -0.25) is 19.1 Å². The predicted molar refractivity (Wildman–Crippen MR) is 98.8 cm³/mol.